The number of hydrogen-bond acceptors (Lipinski definition) is 2. The Morgan fingerprint density at radius 3 is 1.60 bits per heavy atom. The molecule has 0 aliphatic carbocycles. The first kappa shape index (κ1) is 16.1. The van der Waals surface area contributed by atoms with Gasteiger partial charge in [0.1, 0.15) is 0 Å². The molecule has 0 fully saturated rings. The molecule has 0 aliphatic heterocycles. The molecule has 0 unspecified atom stereocenters. The zero-order valence-corrected chi connectivity index (χ0v) is 6.94. The number of nitriles is 1. The average molecular weight is 137 g/mol. The van der Waals surface area contributed by atoms with E-state index in [0.29, 0.717) is 6.26 Å². The molecule has 0 aromatic carbocycles. The van der Waals surface area contributed by atoms with E-state index in [1.165, 1.54) is 0 Å². The van der Waals surface area contributed by atoms with Crippen molar-refractivity contribution >= 4 is 0 Å². The van der Waals surface area contributed by atoms with Gasteiger partial charge in [0.25, 0.3) is 0 Å². The molecule has 0 spiro atoms. The van der Waals surface area contributed by atoms with E-state index in [1.54, 1.807) is 0 Å². The SMILES string of the molecule is N#C[O-].[Fe+2].[K+]. The summed E-state index contributed by atoms with van der Waals surface area (Å²) in [6.07, 6.45) is 0.500. The van der Waals surface area contributed by atoms with Gasteiger partial charge in [-0.1, -0.05) is 0 Å². The van der Waals surface area contributed by atoms with Crippen LogP contribution in [0.1, 0.15) is 0 Å². The molecule has 2 nitrogen and oxygen atoms in total. The molecule has 0 saturated heterocycles. The van der Waals surface area contributed by atoms with E-state index in [1.807, 2.05) is 0 Å². The van der Waals surface area contributed by atoms with Crippen LogP contribution in [-0.2, 0) is 17.1 Å². The summed E-state index contributed by atoms with van der Waals surface area (Å²) >= 11 is 0. The molecular weight excluding hydrogens is 137 g/mol. The zero-order valence-electron chi connectivity index (χ0n) is 2.71. The third kappa shape index (κ3) is 30.9. The predicted molar refractivity (Wildman–Crippen MR) is 5.61 cm³/mol. The number of nitrogens with zero attached hydrogens (tertiary/aromatic N) is 1. The Morgan fingerprint density at radius 2 is 1.60 bits per heavy atom. The Bertz CT molecular complexity index is 33.1. The van der Waals surface area contributed by atoms with Crippen molar-refractivity contribution in [3.05, 3.63) is 0 Å². The van der Waals surface area contributed by atoms with E-state index in [0.717, 1.165) is 0 Å². The first-order valence-electron chi connectivity index (χ1n) is 0.428. The molecule has 5 heavy (non-hydrogen) atoms. The van der Waals surface area contributed by atoms with Crippen molar-refractivity contribution in [1.29, 1.82) is 5.26 Å². The third-order valence-corrected chi connectivity index (χ3v) is 0. The maximum absolute atomic E-state index is 8.24. The van der Waals surface area contributed by atoms with Crippen molar-refractivity contribution in [3.63, 3.8) is 0 Å². The van der Waals surface area contributed by atoms with Crippen molar-refractivity contribution in [2.75, 3.05) is 0 Å². The smallest absolute Gasteiger partial charge is 0.812 e. The molecule has 0 amide bonds. The van der Waals surface area contributed by atoms with E-state index in [2.05, 4.69) is 0 Å². The van der Waals surface area contributed by atoms with Gasteiger partial charge in [-0.05, 0) is 0 Å². The van der Waals surface area contributed by atoms with Crippen molar-refractivity contribution < 1.29 is 73.6 Å². The largest absolute Gasteiger partial charge is 2.00 e. The van der Waals surface area contributed by atoms with Crippen molar-refractivity contribution in [1.82, 2.24) is 0 Å². The molecule has 0 aromatic heterocycles. The Labute approximate surface area is 83.4 Å². The Hall–Kier alpha value is 1.45. The molecule has 0 aromatic rings. The Morgan fingerprint density at radius 1 is 1.60 bits per heavy atom. The molecular formula is CFeKNO+2. The van der Waals surface area contributed by atoms with Gasteiger partial charge in [-0.3, -0.25) is 0 Å². The first-order valence-corrected chi connectivity index (χ1v) is 0.428. The number of hydrogen-bond donors (Lipinski definition) is 0. The van der Waals surface area contributed by atoms with Crippen LogP contribution in [0.2, 0.25) is 0 Å². The summed E-state index contributed by atoms with van der Waals surface area (Å²) in [6, 6.07) is 0. The van der Waals surface area contributed by atoms with Gasteiger partial charge in [-0.2, -0.15) is 0 Å². The van der Waals surface area contributed by atoms with E-state index in [4.69, 9.17) is 10.4 Å². The first-order chi connectivity index (χ1) is 1.41. The summed E-state index contributed by atoms with van der Waals surface area (Å²) in [5.41, 5.74) is 0. The van der Waals surface area contributed by atoms with E-state index in [9.17, 15) is 0 Å². The molecule has 0 atom stereocenters. The second kappa shape index (κ2) is 18.0. The minimum atomic E-state index is 0. The van der Waals surface area contributed by atoms with E-state index < -0.39 is 0 Å². The molecule has 0 rings (SSSR count). The van der Waals surface area contributed by atoms with Gasteiger partial charge in [0.2, 0.25) is 0 Å². The van der Waals surface area contributed by atoms with Crippen molar-refractivity contribution in [2.24, 2.45) is 0 Å². The molecule has 0 bridgehead atoms. The molecule has 4 heteroatoms. The molecule has 0 N–H and O–H groups in total. The van der Waals surface area contributed by atoms with Crippen LogP contribution in [0.25, 0.3) is 0 Å². The van der Waals surface area contributed by atoms with Gasteiger partial charge in [-0.25, -0.2) is 5.26 Å². The van der Waals surface area contributed by atoms with Crippen molar-refractivity contribution in [3.8, 4) is 6.26 Å². The van der Waals surface area contributed by atoms with E-state index >= 15 is 0 Å². The fourth-order valence-corrected chi connectivity index (χ4v) is 0. The van der Waals surface area contributed by atoms with Gasteiger partial charge in [0.15, 0.2) is 0 Å². The van der Waals surface area contributed by atoms with Crippen LogP contribution in [0.15, 0.2) is 0 Å². The standard InChI is InChI=1S/CHNO.Fe.K/c2-1-3;;/h3H;;/q;+2;+1/p-1. The van der Waals surface area contributed by atoms with Crippen LogP contribution >= 0.6 is 0 Å². The van der Waals surface area contributed by atoms with Crippen LogP contribution in [0.4, 0.5) is 0 Å². The maximum atomic E-state index is 8.24. The summed E-state index contributed by atoms with van der Waals surface area (Å²) < 4.78 is 0. The van der Waals surface area contributed by atoms with Gasteiger partial charge >= 0.3 is 68.5 Å². The molecule has 0 aliphatic rings. The summed E-state index contributed by atoms with van der Waals surface area (Å²) in [5, 5.41) is 15.0. The summed E-state index contributed by atoms with van der Waals surface area (Å²) in [7, 11) is 0. The van der Waals surface area contributed by atoms with Crippen molar-refractivity contribution in [2.45, 2.75) is 0 Å². The number of rotatable bonds is 0. The normalized spacial score (nSPS) is 1.40. The Balaban J connectivity index is -0.0000000200. The van der Waals surface area contributed by atoms with Crippen LogP contribution < -0.4 is 56.5 Å². The fourth-order valence-electron chi connectivity index (χ4n) is 0. The summed E-state index contributed by atoms with van der Waals surface area (Å²) in [6.45, 7) is 0. The topological polar surface area (TPSA) is 46.8 Å². The maximum Gasteiger partial charge on any atom is 2.00 e. The second-order valence-electron chi connectivity index (χ2n) is 0.0913. The van der Waals surface area contributed by atoms with Crippen LogP contribution in [0, 0.1) is 11.5 Å². The second-order valence-corrected chi connectivity index (χ2v) is 0.0913. The van der Waals surface area contributed by atoms with Gasteiger partial charge in [0.05, 0.1) is 0 Å². The van der Waals surface area contributed by atoms with Crippen LogP contribution in [0.3, 0.4) is 0 Å². The minimum Gasteiger partial charge on any atom is -0.812 e. The summed E-state index contributed by atoms with van der Waals surface area (Å²) in [5.74, 6) is 0. The molecule has 0 radical (unpaired) electrons. The van der Waals surface area contributed by atoms with Crippen LogP contribution in [-0.4, -0.2) is 0 Å². The third-order valence-electron chi connectivity index (χ3n) is 0. The van der Waals surface area contributed by atoms with Gasteiger partial charge < -0.3 is 5.11 Å². The van der Waals surface area contributed by atoms with Crippen LogP contribution in [0.5, 0.6) is 0 Å². The molecule has 0 heterocycles. The molecule has 0 saturated carbocycles. The summed E-state index contributed by atoms with van der Waals surface area (Å²) in [4.78, 5) is 0. The minimum absolute atomic E-state index is 0. The zero-order chi connectivity index (χ0) is 2.71. The quantitative estimate of drug-likeness (QED) is 0.251. The van der Waals surface area contributed by atoms with Gasteiger partial charge in [-0.15, -0.1) is 0 Å². The van der Waals surface area contributed by atoms with Gasteiger partial charge in [0, 0.05) is 6.26 Å². The monoisotopic (exact) mass is 137 g/mol. The average Bonchev–Trinajstić information content (AvgIpc) is 0.918. The Kier molecular flexibility index (Phi) is 57.9. The molecule has 22 valence electrons. The fraction of sp³-hybridized carbons (Fsp3) is 0. The van der Waals surface area contributed by atoms with E-state index in [-0.39, 0.29) is 68.5 Å². The predicted octanol–water partition coefficient (Wildman–Crippen LogP) is -4.17.